The number of nitro groups is 1. The smallest absolute Gasteiger partial charge is 0.292 e. The first kappa shape index (κ1) is 11.8. The molecule has 1 N–H and O–H groups in total. The third-order valence-corrected chi connectivity index (χ3v) is 1.98. The highest BCUT2D eigenvalue weighted by atomic mass is 16.6. The van der Waals surface area contributed by atoms with Crippen LogP contribution in [0.3, 0.4) is 0 Å². The van der Waals surface area contributed by atoms with Crippen LogP contribution in [0.4, 0.5) is 5.69 Å². The third-order valence-electron chi connectivity index (χ3n) is 1.98. The van der Waals surface area contributed by atoms with E-state index in [2.05, 4.69) is 5.10 Å². The van der Waals surface area contributed by atoms with Crippen molar-refractivity contribution in [2.24, 2.45) is 0 Å². The predicted molar refractivity (Wildman–Crippen MR) is 57.2 cm³/mol. The van der Waals surface area contributed by atoms with Crippen molar-refractivity contribution >= 4 is 32.0 Å². The van der Waals surface area contributed by atoms with Gasteiger partial charge >= 0.3 is 0 Å². The van der Waals surface area contributed by atoms with Gasteiger partial charge in [-0.2, -0.15) is 5.10 Å². The molecule has 77 valence electrons. The molecular weight excluding hydrogens is 196 g/mol. The highest BCUT2D eigenvalue weighted by molar-refractivity contribution is 6.54. The standard InChI is InChI=1S/C7H10B2N3O3/c1-9-7-5(12(14)15)6(8)10-11(7)3-2-4-13/h13H,2-4H2,1H3. The first-order valence-corrected chi connectivity index (χ1v) is 4.52. The first-order chi connectivity index (χ1) is 7.11. The maximum absolute atomic E-state index is 10.7. The van der Waals surface area contributed by atoms with Crippen LogP contribution in [-0.2, 0) is 6.54 Å². The molecule has 0 atom stereocenters. The Balaban J connectivity index is 3.07. The molecule has 1 aromatic heterocycles. The summed E-state index contributed by atoms with van der Waals surface area (Å²) in [6.45, 7) is 2.10. The second kappa shape index (κ2) is 4.97. The zero-order valence-electron chi connectivity index (χ0n) is 8.38. The summed E-state index contributed by atoms with van der Waals surface area (Å²) in [6.07, 6.45) is 0.485. The molecular formula is C7H10B2N3O3. The van der Waals surface area contributed by atoms with Gasteiger partial charge in [-0.25, -0.2) is 0 Å². The summed E-state index contributed by atoms with van der Waals surface area (Å²) < 4.78 is 1.43. The fourth-order valence-corrected chi connectivity index (χ4v) is 1.35. The molecule has 0 saturated carbocycles. The number of aliphatic hydroxyl groups is 1. The topological polar surface area (TPSA) is 81.2 Å². The van der Waals surface area contributed by atoms with Crippen molar-refractivity contribution in [3.05, 3.63) is 10.1 Å². The molecule has 0 aliphatic carbocycles. The van der Waals surface area contributed by atoms with E-state index in [1.807, 2.05) is 0 Å². The Morgan fingerprint density at radius 3 is 2.87 bits per heavy atom. The van der Waals surface area contributed by atoms with Crippen LogP contribution >= 0.6 is 0 Å². The summed E-state index contributed by atoms with van der Waals surface area (Å²) in [5.41, 5.74) is 0.118. The first-order valence-electron chi connectivity index (χ1n) is 4.52. The van der Waals surface area contributed by atoms with Gasteiger partial charge in [-0.15, -0.1) is 0 Å². The summed E-state index contributed by atoms with van der Waals surface area (Å²) in [7, 11) is 7.02. The number of hydrogen-bond acceptors (Lipinski definition) is 4. The summed E-state index contributed by atoms with van der Waals surface area (Å²) in [6, 6.07) is 0. The van der Waals surface area contributed by atoms with Crippen molar-refractivity contribution in [3.63, 3.8) is 0 Å². The second-order valence-corrected chi connectivity index (χ2v) is 2.97. The number of aliphatic hydroxyl groups excluding tert-OH is 1. The normalized spacial score (nSPS) is 10.3. The lowest BCUT2D eigenvalue weighted by atomic mass is 9.76. The van der Waals surface area contributed by atoms with Crippen LogP contribution in [0.15, 0.2) is 0 Å². The van der Waals surface area contributed by atoms with E-state index in [4.69, 9.17) is 13.0 Å². The Hall–Kier alpha value is -1.30. The van der Waals surface area contributed by atoms with Crippen LogP contribution in [0.25, 0.3) is 0 Å². The van der Waals surface area contributed by atoms with E-state index in [9.17, 15) is 10.1 Å². The summed E-state index contributed by atoms with van der Waals surface area (Å²) >= 11 is 0. The molecule has 6 nitrogen and oxygen atoms in total. The van der Waals surface area contributed by atoms with Crippen LogP contribution in [0.1, 0.15) is 6.42 Å². The average molecular weight is 206 g/mol. The molecule has 0 aromatic carbocycles. The van der Waals surface area contributed by atoms with E-state index in [1.54, 1.807) is 14.1 Å². The monoisotopic (exact) mass is 206 g/mol. The highest BCUT2D eigenvalue weighted by Gasteiger charge is 2.22. The van der Waals surface area contributed by atoms with Crippen LogP contribution < -0.4 is 11.2 Å². The molecule has 1 heterocycles. The van der Waals surface area contributed by atoms with Crippen LogP contribution in [-0.4, -0.2) is 41.5 Å². The summed E-state index contributed by atoms with van der Waals surface area (Å²) in [5.74, 6) is 0. The number of rotatable bonds is 5. The number of nitrogens with zero attached hydrogens (tertiary/aromatic N) is 3. The molecule has 0 bridgehead atoms. The van der Waals surface area contributed by atoms with Crippen LogP contribution in [0.5, 0.6) is 0 Å². The van der Waals surface area contributed by atoms with E-state index in [0.29, 0.717) is 18.6 Å². The average Bonchev–Trinajstić information content (AvgIpc) is 2.51. The predicted octanol–water partition coefficient (Wildman–Crippen LogP) is -1.65. The van der Waals surface area contributed by atoms with E-state index in [-0.39, 0.29) is 17.9 Å². The Labute approximate surface area is 89.1 Å². The van der Waals surface area contributed by atoms with Crippen molar-refractivity contribution in [1.82, 2.24) is 9.78 Å². The van der Waals surface area contributed by atoms with Gasteiger partial charge in [0.15, 0.2) is 15.1 Å². The Kier molecular flexibility index (Phi) is 3.90. The summed E-state index contributed by atoms with van der Waals surface area (Å²) in [4.78, 5) is 10.1. The van der Waals surface area contributed by atoms with Crippen molar-refractivity contribution in [2.45, 2.75) is 19.8 Å². The van der Waals surface area contributed by atoms with Gasteiger partial charge < -0.3 is 5.11 Å². The van der Waals surface area contributed by atoms with Gasteiger partial charge in [0.2, 0.25) is 0 Å². The number of hydrogen-bond donors (Lipinski definition) is 1. The molecule has 15 heavy (non-hydrogen) atoms. The van der Waals surface area contributed by atoms with Crippen LogP contribution in [0.2, 0.25) is 6.82 Å². The maximum Gasteiger partial charge on any atom is 0.292 e. The minimum Gasteiger partial charge on any atom is -0.396 e. The van der Waals surface area contributed by atoms with E-state index < -0.39 is 4.92 Å². The largest absolute Gasteiger partial charge is 0.396 e. The lowest BCUT2D eigenvalue weighted by Crippen LogP contribution is -2.26. The highest BCUT2D eigenvalue weighted by Crippen LogP contribution is 2.02. The lowest BCUT2D eigenvalue weighted by molar-refractivity contribution is -0.382. The van der Waals surface area contributed by atoms with Gasteiger partial charge in [0.05, 0.1) is 16.1 Å². The third kappa shape index (κ3) is 2.38. The number of aryl methyl sites for hydroxylation is 1. The number of aromatic nitrogens is 2. The van der Waals surface area contributed by atoms with Crippen molar-refractivity contribution in [1.29, 1.82) is 0 Å². The molecule has 1 rings (SSSR count). The minimum atomic E-state index is -0.548. The van der Waals surface area contributed by atoms with Crippen molar-refractivity contribution in [2.75, 3.05) is 6.61 Å². The van der Waals surface area contributed by atoms with Gasteiger partial charge in [0.25, 0.3) is 5.69 Å². The van der Waals surface area contributed by atoms with Crippen molar-refractivity contribution < 1.29 is 10.0 Å². The Bertz CT molecular complexity index is 367. The molecule has 0 unspecified atom stereocenters. The molecule has 1 aromatic rings. The molecule has 8 heteroatoms. The molecule has 0 saturated heterocycles. The van der Waals surface area contributed by atoms with Crippen molar-refractivity contribution in [3.8, 4) is 0 Å². The van der Waals surface area contributed by atoms with Gasteiger partial charge in [0, 0.05) is 13.2 Å². The van der Waals surface area contributed by atoms with E-state index in [0.717, 1.165) is 0 Å². The van der Waals surface area contributed by atoms with Crippen LogP contribution in [0, 0.1) is 10.1 Å². The second-order valence-electron chi connectivity index (χ2n) is 2.97. The van der Waals surface area contributed by atoms with Gasteiger partial charge in [-0.3, -0.25) is 14.8 Å². The summed E-state index contributed by atoms with van der Waals surface area (Å²) in [5, 5.41) is 23.2. The molecule has 3 radical (unpaired) electrons. The maximum atomic E-state index is 10.7. The van der Waals surface area contributed by atoms with E-state index in [1.165, 1.54) is 4.68 Å². The molecule has 0 amide bonds. The zero-order valence-corrected chi connectivity index (χ0v) is 8.38. The molecule has 0 aliphatic heterocycles. The molecule has 0 aliphatic rings. The zero-order chi connectivity index (χ0) is 11.4. The Morgan fingerprint density at radius 1 is 1.73 bits per heavy atom. The van der Waals surface area contributed by atoms with Gasteiger partial charge in [0.1, 0.15) is 0 Å². The Morgan fingerprint density at radius 2 is 2.40 bits per heavy atom. The quantitative estimate of drug-likeness (QED) is 0.355. The molecule has 0 fully saturated rings. The lowest BCUT2D eigenvalue weighted by Gasteiger charge is -2.02. The SMILES string of the molecule is [B]c1nn(CCCO)c([B]C)c1[N+](=O)[O-]. The van der Waals surface area contributed by atoms with E-state index >= 15 is 0 Å². The fraction of sp³-hybridized carbons (Fsp3) is 0.571. The fourth-order valence-electron chi connectivity index (χ4n) is 1.35. The van der Waals surface area contributed by atoms with Gasteiger partial charge in [-0.1, -0.05) is 6.82 Å². The van der Waals surface area contributed by atoms with Gasteiger partial charge in [-0.05, 0) is 6.42 Å². The minimum absolute atomic E-state index is 0.0106. The molecule has 0 spiro atoms.